The Morgan fingerprint density at radius 1 is 1.15 bits per heavy atom. The monoisotopic (exact) mass is 290 g/mol. The van der Waals surface area contributed by atoms with Crippen LogP contribution in [-0.4, -0.2) is 5.11 Å². The Bertz CT molecular complexity index is 594. The van der Waals surface area contributed by atoms with E-state index in [4.69, 9.17) is 0 Å². The number of aryl methyl sites for hydroxylation is 3. The second-order valence-corrected chi connectivity index (χ2v) is 6.73. The molecule has 1 aliphatic rings. The molecule has 1 heterocycles. The van der Waals surface area contributed by atoms with Crippen molar-refractivity contribution in [3.8, 4) is 0 Å². The van der Waals surface area contributed by atoms with Crippen LogP contribution in [-0.2, 0) is 12.8 Å². The summed E-state index contributed by atoms with van der Waals surface area (Å²) in [4.78, 5) is 2.42. The van der Waals surface area contributed by atoms with Gasteiger partial charge in [-0.05, 0) is 67.5 Å². The minimum atomic E-state index is -0.632. The third kappa shape index (κ3) is 2.65. The number of halogens is 1. The lowest BCUT2D eigenvalue weighted by Gasteiger charge is -2.12. The highest BCUT2D eigenvalue weighted by Crippen LogP contribution is 2.35. The van der Waals surface area contributed by atoms with Gasteiger partial charge in [0, 0.05) is 9.75 Å². The molecule has 1 nitrogen and oxygen atoms in total. The van der Waals surface area contributed by atoms with Gasteiger partial charge in [0.15, 0.2) is 0 Å². The van der Waals surface area contributed by atoms with E-state index >= 15 is 0 Å². The zero-order valence-corrected chi connectivity index (χ0v) is 12.5. The van der Waals surface area contributed by atoms with E-state index in [1.807, 2.05) is 6.92 Å². The van der Waals surface area contributed by atoms with Crippen LogP contribution in [0.15, 0.2) is 24.3 Å². The molecule has 3 heteroatoms. The molecule has 20 heavy (non-hydrogen) atoms. The van der Waals surface area contributed by atoms with Crippen LogP contribution in [0.2, 0.25) is 0 Å². The molecule has 1 atom stereocenters. The topological polar surface area (TPSA) is 20.2 Å². The van der Waals surface area contributed by atoms with Gasteiger partial charge in [-0.25, -0.2) is 4.39 Å². The largest absolute Gasteiger partial charge is 0.383 e. The molecular weight excluding hydrogens is 271 g/mol. The van der Waals surface area contributed by atoms with Gasteiger partial charge in [-0.1, -0.05) is 12.5 Å². The first kappa shape index (κ1) is 13.8. The van der Waals surface area contributed by atoms with Crippen LogP contribution in [0.1, 0.15) is 51.8 Å². The summed E-state index contributed by atoms with van der Waals surface area (Å²) in [7, 11) is 0. The normalized spacial score (nSPS) is 16.6. The van der Waals surface area contributed by atoms with Crippen LogP contribution in [0, 0.1) is 12.7 Å². The summed E-state index contributed by atoms with van der Waals surface area (Å²) in [5.41, 5.74) is 3.02. The highest BCUT2D eigenvalue weighted by molar-refractivity contribution is 7.12. The van der Waals surface area contributed by atoms with Crippen molar-refractivity contribution in [3.63, 3.8) is 0 Å². The van der Waals surface area contributed by atoms with Crippen LogP contribution in [0.25, 0.3) is 0 Å². The lowest BCUT2D eigenvalue weighted by atomic mass is 10.0. The molecule has 3 rings (SSSR count). The van der Waals surface area contributed by atoms with E-state index in [9.17, 15) is 9.50 Å². The first-order valence-electron chi connectivity index (χ1n) is 7.21. The van der Waals surface area contributed by atoms with Crippen molar-refractivity contribution in [2.45, 2.75) is 45.1 Å². The molecule has 0 radical (unpaired) electrons. The molecule has 0 amide bonds. The van der Waals surface area contributed by atoms with E-state index in [2.05, 4.69) is 6.07 Å². The fourth-order valence-electron chi connectivity index (χ4n) is 2.92. The van der Waals surface area contributed by atoms with Crippen molar-refractivity contribution in [3.05, 3.63) is 56.5 Å². The van der Waals surface area contributed by atoms with Gasteiger partial charge in [0.05, 0.1) is 0 Å². The molecule has 106 valence electrons. The highest BCUT2D eigenvalue weighted by Gasteiger charge is 2.19. The molecule has 0 fully saturated rings. The predicted octanol–water partition coefficient (Wildman–Crippen LogP) is 4.55. The molecular formula is C17H19FOS. The summed E-state index contributed by atoms with van der Waals surface area (Å²) in [5.74, 6) is -0.250. The molecule has 0 bridgehead atoms. The van der Waals surface area contributed by atoms with Crippen LogP contribution >= 0.6 is 11.3 Å². The molecule has 1 aliphatic carbocycles. The number of benzene rings is 1. The maximum Gasteiger partial charge on any atom is 0.123 e. The maximum absolute atomic E-state index is 13.2. The van der Waals surface area contributed by atoms with Gasteiger partial charge in [-0.15, -0.1) is 11.3 Å². The number of aliphatic hydroxyl groups is 1. The number of aliphatic hydroxyl groups excluding tert-OH is 1. The molecule has 0 spiro atoms. The van der Waals surface area contributed by atoms with Crippen molar-refractivity contribution >= 4 is 11.3 Å². The molecule has 0 saturated carbocycles. The van der Waals surface area contributed by atoms with Crippen LogP contribution in [0.5, 0.6) is 0 Å². The van der Waals surface area contributed by atoms with E-state index in [0.29, 0.717) is 0 Å². The van der Waals surface area contributed by atoms with Gasteiger partial charge in [0.25, 0.3) is 0 Å². The van der Waals surface area contributed by atoms with Crippen molar-refractivity contribution in [2.75, 3.05) is 0 Å². The summed E-state index contributed by atoms with van der Waals surface area (Å²) < 4.78 is 13.2. The zero-order valence-electron chi connectivity index (χ0n) is 11.7. The smallest absolute Gasteiger partial charge is 0.123 e. The Kier molecular flexibility index (Phi) is 3.90. The molecule has 2 aromatic rings. The second kappa shape index (κ2) is 5.66. The van der Waals surface area contributed by atoms with E-state index in [1.165, 1.54) is 41.8 Å². The maximum atomic E-state index is 13.2. The average Bonchev–Trinajstić information content (AvgIpc) is 2.69. The quantitative estimate of drug-likeness (QED) is 0.805. The third-order valence-corrected chi connectivity index (χ3v) is 5.35. The second-order valence-electron chi connectivity index (χ2n) is 5.56. The molecule has 0 aliphatic heterocycles. The number of fused-ring (bicyclic) bond motifs is 1. The molecule has 1 unspecified atom stereocenters. The standard InChI is InChI=1S/C17H19FOS/c1-11-9-13(18)7-8-14(11)17(19)16-10-12-5-3-2-4-6-15(12)20-16/h7-10,17,19H,2-6H2,1H3. The summed E-state index contributed by atoms with van der Waals surface area (Å²) >= 11 is 1.72. The Morgan fingerprint density at radius 2 is 1.95 bits per heavy atom. The van der Waals surface area contributed by atoms with Gasteiger partial charge in [0.1, 0.15) is 11.9 Å². The fraction of sp³-hybridized carbons (Fsp3) is 0.412. The van der Waals surface area contributed by atoms with Gasteiger partial charge >= 0.3 is 0 Å². The Morgan fingerprint density at radius 3 is 2.75 bits per heavy atom. The average molecular weight is 290 g/mol. The minimum Gasteiger partial charge on any atom is -0.383 e. The fourth-order valence-corrected chi connectivity index (χ4v) is 4.19. The Labute approximate surface area is 123 Å². The number of hydrogen-bond donors (Lipinski definition) is 1. The lowest BCUT2D eigenvalue weighted by molar-refractivity contribution is 0.223. The minimum absolute atomic E-state index is 0.250. The Hall–Kier alpha value is -1.19. The van der Waals surface area contributed by atoms with Gasteiger partial charge in [-0.2, -0.15) is 0 Å². The molecule has 1 N–H and O–H groups in total. The highest BCUT2D eigenvalue weighted by atomic mass is 32.1. The zero-order chi connectivity index (χ0) is 14.1. The lowest BCUT2D eigenvalue weighted by Crippen LogP contribution is -2.00. The van der Waals surface area contributed by atoms with E-state index in [-0.39, 0.29) is 5.82 Å². The van der Waals surface area contributed by atoms with E-state index in [0.717, 1.165) is 28.8 Å². The van der Waals surface area contributed by atoms with Gasteiger partial charge in [0.2, 0.25) is 0 Å². The van der Waals surface area contributed by atoms with Crippen molar-refractivity contribution in [1.82, 2.24) is 0 Å². The van der Waals surface area contributed by atoms with Crippen LogP contribution in [0.3, 0.4) is 0 Å². The van der Waals surface area contributed by atoms with Crippen LogP contribution in [0.4, 0.5) is 4.39 Å². The first-order chi connectivity index (χ1) is 9.65. The summed E-state index contributed by atoms with van der Waals surface area (Å²) in [6.45, 7) is 1.85. The Balaban J connectivity index is 1.92. The van der Waals surface area contributed by atoms with Gasteiger partial charge < -0.3 is 5.11 Å². The third-order valence-electron chi connectivity index (χ3n) is 4.06. The molecule has 1 aromatic heterocycles. The number of rotatable bonds is 2. The van der Waals surface area contributed by atoms with E-state index < -0.39 is 6.10 Å². The van der Waals surface area contributed by atoms with E-state index in [1.54, 1.807) is 17.4 Å². The SMILES string of the molecule is Cc1cc(F)ccc1C(O)c1cc2c(s1)CCCCC2. The van der Waals surface area contributed by atoms with Crippen molar-refractivity contribution < 1.29 is 9.50 Å². The molecule has 1 aromatic carbocycles. The summed E-state index contributed by atoms with van der Waals surface area (Å²) in [6, 6.07) is 6.75. The summed E-state index contributed by atoms with van der Waals surface area (Å²) in [6.07, 6.45) is 5.42. The van der Waals surface area contributed by atoms with Gasteiger partial charge in [-0.3, -0.25) is 0 Å². The van der Waals surface area contributed by atoms with Crippen molar-refractivity contribution in [2.24, 2.45) is 0 Å². The number of hydrogen-bond acceptors (Lipinski definition) is 2. The number of thiophene rings is 1. The first-order valence-corrected chi connectivity index (χ1v) is 8.02. The molecule has 0 saturated heterocycles. The summed E-state index contributed by atoms with van der Waals surface area (Å²) in [5, 5.41) is 10.6. The van der Waals surface area contributed by atoms with Crippen molar-refractivity contribution in [1.29, 1.82) is 0 Å². The van der Waals surface area contributed by atoms with Crippen LogP contribution < -0.4 is 0 Å². The predicted molar refractivity (Wildman–Crippen MR) is 80.8 cm³/mol.